The van der Waals surface area contributed by atoms with Gasteiger partial charge in [-0.2, -0.15) is 0 Å². The molecule has 0 N–H and O–H groups in total. The number of methoxy groups -OCH3 is 2. The Morgan fingerprint density at radius 1 is 1.06 bits per heavy atom. The second-order valence-electron chi connectivity index (χ2n) is 7.36. The van der Waals surface area contributed by atoms with Crippen LogP contribution in [0.1, 0.15) is 29.9 Å². The zero-order valence-corrected chi connectivity index (χ0v) is 18.0. The van der Waals surface area contributed by atoms with E-state index >= 15 is 0 Å². The molecule has 3 rings (SSSR count). The highest BCUT2D eigenvalue weighted by molar-refractivity contribution is 5.88. The molecular formula is C24H29NO6. The van der Waals surface area contributed by atoms with E-state index in [9.17, 15) is 9.59 Å². The summed E-state index contributed by atoms with van der Waals surface area (Å²) < 4.78 is 21.7. The van der Waals surface area contributed by atoms with Gasteiger partial charge in [-0.1, -0.05) is 36.4 Å². The number of likely N-dealkylation sites (tertiary alicyclic amines) is 1. The van der Waals surface area contributed by atoms with Gasteiger partial charge in [-0.25, -0.2) is 4.79 Å². The van der Waals surface area contributed by atoms with Crippen LogP contribution in [0.2, 0.25) is 0 Å². The monoisotopic (exact) mass is 427 g/mol. The number of amides is 1. The largest absolute Gasteiger partial charge is 0.493 e. The number of carbonyl (C=O) groups is 2. The molecule has 2 aromatic carbocycles. The molecule has 1 aliphatic heterocycles. The van der Waals surface area contributed by atoms with Crippen molar-refractivity contribution in [3.05, 3.63) is 59.7 Å². The number of hydrogen-bond acceptors (Lipinski definition) is 6. The van der Waals surface area contributed by atoms with Crippen LogP contribution >= 0.6 is 0 Å². The third kappa shape index (κ3) is 6.21. The van der Waals surface area contributed by atoms with Crippen molar-refractivity contribution in [2.45, 2.75) is 25.4 Å². The molecule has 31 heavy (non-hydrogen) atoms. The summed E-state index contributed by atoms with van der Waals surface area (Å²) in [4.78, 5) is 26.8. The third-order valence-electron chi connectivity index (χ3n) is 5.22. The minimum atomic E-state index is -0.426. The van der Waals surface area contributed by atoms with Gasteiger partial charge in [0.2, 0.25) is 0 Å². The summed E-state index contributed by atoms with van der Waals surface area (Å²) in [7, 11) is 3.22. The predicted molar refractivity (Wildman–Crippen MR) is 116 cm³/mol. The Morgan fingerprint density at radius 3 is 2.61 bits per heavy atom. The van der Waals surface area contributed by atoms with Crippen molar-refractivity contribution in [2.24, 2.45) is 0 Å². The maximum atomic E-state index is 12.6. The Bertz CT molecular complexity index is 870. The number of ether oxygens (including phenoxy) is 4. The summed E-state index contributed by atoms with van der Waals surface area (Å²) in [6.45, 7) is 1.92. The van der Waals surface area contributed by atoms with Gasteiger partial charge in [0, 0.05) is 39.6 Å². The zero-order valence-electron chi connectivity index (χ0n) is 18.0. The summed E-state index contributed by atoms with van der Waals surface area (Å²) in [5.74, 6) is 0.851. The molecule has 2 aromatic rings. The number of benzene rings is 2. The lowest BCUT2D eigenvalue weighted by atomic mass is 9.89. The van der Waals surface area contributed by atoms with Crippen LogP contribution in [0.4, 0.5) is 4.79 Å². The van der Waals surface area contributed by atoms with E-state index in [1.807, 2.05) is 42.5 Å². The molecule has 1 amide bonds. The molecule has 0 bridgehead atoms. The van der Waals surface area contributed by atoms with Crippen molar-refractivity contribution >= 4 is 11.9 Å². The third-order valence-corrected chi connectivity index (χ3v) is 5.22. The van der Waals surface area contributed by atoms with Crippen molar-refractivity contribution < 1.29 is 28.5 Å². The Hall–Kier alpha value is -3.06. The Balaban J connectivity index is 1.66. The molecule has 7 nitrogen and oxygen atoms in total. The number of nitrogens with zero attached hydrogens (tertiary/aromatic N) is 1. The zero-order chi connectivity index (χ0) is 22.1. The summed E-state index contributed by atoms with van der Waals surface area (Å²) in [5.41, 5.74) is 1.72. The molecule has 0 spiro atoms. The van der Waals surface area contributed by atoms with Gasteiger partial charge in [0.05, 0.1) is 19.6 Å². The number of carbonyl (C=O) groups excluding carboxylic acids is 2. The number of hydrogen-bond donors (Lipinski definition) is 0. The molecule has 7 heteroatoms. The van der Waals surface area contributed by atoms with Gasteiger partial charge < -0.3 is 23.8 Å². The highest BCUT2D eigenvalue weighted by Crippen LogP contribution is 2.33. The topological polar surface area (TPSA) is 74.3 Å². The summed E-state index contributed by atoms with van der Waals surface area (Å²) >= 11 is 0. The van der Waals surface area contributed by atoms with Crippen molar-refractivity contribution in [2.75, 3.05) is 40.5 Å². The Kier molecular flexibility index (Phi) is 8.29. The first-order chi connectivity index (χ1) is 15.1. The highest BCUT2D eigenvalue weighted by atomic mass is 16.6. The molecule has 1 unspecified atom stereocenters. The number of rotatable bonds is 9. The van der Waals surface area contributed by atoms with E-state index in [1.54, 1.807) is 25.2 Å². The van der Waals surface area contributed by atoms with E-state index in [0.29, 0.717) is 37.7 Å². The SMILES string of the molecule is COCCCOc1cc(C2CN(C(=O)OCc3ccccc3)CCC2=O)ccc1OC. The molecule has 0 aliphatic carbocycles. The van der Waals surface area contributed by atoms with Crippen molar-refractivity contribution in [1.82, 2.24) is 4.90 Å². The van der Waals surface area contributed by atoms with E-state index in [4.69, 9.17) is 18.9 Å². The van der Waals surface area contributed by atoms with Crippen molar-refractivity contribution in [3.63, 3.8) is 0 Å². The van der Waals surface area contributed by atoms with E-state index in [0.717, 1.165) is 17.5 Å². The average molecular weight is 427 g/mol. The maximum Gasteiger partial charge on any atom is 0.410 e. The summed E-state index contributed by atoms with van der Waals surface area (Å²) in [6.07, 6.45) is 0.625. The standard InChI is InChI=1S/C24H29NO6/c1-28-13-6-14-30-23-15-19(9-10-22(23)29-2)20-16-25(12-11-21(20)26)24(27)31-17-18-7-4-3-5-8-18/h3-5,7-10,15,20H,6,11-14,16-17H2,1-2H3. The van der Waals surface area contributed by atoms with Crippen LogP contribution in [0.15, 0.2) is 48.5 Å². The predicted octanol–water partition coefficient (Wildman–Crippen LogP) is 3.81. The minimum Gasteiger partial charge on any atom is -0.493 e. The Morgan fingerprint density at radius 2 is 1.87 bits per heavy atom. The lowest BCUT2D eigenvalue weighted by molar-refractivity contribution is -0.122. The van der Waals surface area contributed by atoms with Crippen LogP contribution in [0.5, 0.6) is 11.5 Å². The average Bonchev–Trinajstić information content (AvgIpc) is 2.81. The quantitative estimate of drug-likeness (QED) is 0.567. The lowest BCUT2D eigenvalue weighted by Gasteiger charge is -2.31. The van der Waals surface area contributed by atoms with Gasteiger partial charge in [-0.05, 0) is 23.3 Å². The number of Topliss-reactive ketones (excluding diaryl/α,β-unsaturated/α-hetero) is 1. The smallest absolute Gasteiger partial charge is 0.410 e. The molecule has 1 fully saturated rings. The van der Waals surface area contributed by atoms with E-state index in [2.05, 4.69) is 0 Å². The summed E-state index contributed by atoms with van der Waals surface area (Å²) in [5, 5.41) is 0. The highest BCUT2D eigenvalue weighted by Gasteiger charge is 2.32. The molecule has 1 aliphatic rings. The van der Waals surface area contributed by atoms with Crippen LogP contribution in [-0.2, 0) is 20.9 Å². The lowest BCUT2D eigenvalue weighted by Crippen LogP contribution is -2.43. The van der Waals surface area contributed by atoms with Gasteiger partial charge in [0.15, 0.2) is 11.5 Å². The van der Waals surface area contributed by atoms with Gasteiger partial charge in [-0.15, -0.1) is 0 Å². The molecule has 0 saturated carbocycles. The van der Waals surface area contributed by atoms with Gasteiger partial charge in [0.1, 0.15) is 12.4 Å². The fraction of sp³-hybridized carbons (Fsp3) is 0.417. The van der Waals surface area contributed by atoms with Crippen LogP contribution in [0.25, 0.3) is 0 Å². The van der Waals surface area contributed by atoms with E-state index < -0.39 is 12.0 Å². The van der Waals surface area contributed by atoms with Crippen LogP contribution < -0.4 is 9.47 Å². The first-order valence-corrected chi connectivity index (χ1v) is 10.4. The number of ketones is 1. The minimum absolute atomic E-state index is 0.0996. The Labute approximate surface area is 182 Å². The van der Waals surface area contributed by atoms with Crippen LogP contribution in [0, 0.1) is 0 Å². The van der Waals surface area contributed by atoms with Gasteiger partial charge in [-0.3, -0.25) is 4.79 Å². The fourth-order valence-electron chi connectivity index (χ4n) is 3.51. The molecule has 1 atom stereocenters. The summed E-state index contributed by atoms with van der Waals surface area (Å²) in [6, 6.07) is 15.0. The molecule has 0 radical (unpaired) electrons. The fourth-order valence-corrected chi connectivity index (χ4v) is 3.51. The molecule has 1 saturated heterocycles. The van der Waals surface area contributed by atoms with E-state index in [-0.39, 0.29) is 18.9 Å². The van der Waals surface area contributed by atoms with E-state index in [1.165, 1.54) is 0 Å². The second kappa shape index (κ2) is 11.4. The second-order valence-corrected chi connectivity index (χ2v) is 7.36. The molecule has 166 valence electrons. The van der Waals surface area contributed by atoms with Crippen LogP contribution in [-0.4, -0.2) is 57.3 Å². The molecule has 1 heterocycles. The maximum absolute atomic E-state index is 12.6. The van der Waals surface area contributed by atoms with Crippen molar-refractivity contribution in [1.29, 1.82) is 0 Å². The number of piperidine rings is 1. The normalized spacial score (nSPS) is 16.1. The molecular weight excluding hydrogens is 398 g/mol. The van der Waals surface area contributed by atoms with Crippen LogP contribution in [0.3, 0.4) is 0 Å². The first-order valence-electron chi connectivity index (χ1n) is 10.4. The van der Waals surface area contributed by atoms with Crippen molar-refractivity contribution in [3.8, 4) is 11.5 Å². The molecule has 0 aromatic heterocycles. The first kappa shape index (κ1) is 22.6. The van der Waals surface area contributed by atoms with Gasteiger partial charge >= 0.3 is 6.09 Å². The van der Waals surface area contributed by atoms with Gasteiger partial charge in [0.25, 0.3) is 0 Å².